The van der Waals surface area contributed by atoms with E-state index in [-0.39, 0.29) is 29.9 Å². The quantitative estimate of drug-likeness (QED) is 0.681. The van der Waals surface area contributed by atoms with Gasteiger partial charge in [0.05, 0.1) is 0 Å². The van der Waals surface area contributed by atoms with E-state index in [1.807, 2.05) is 0 Å². The van der Waals surface area contributed by atoms with Crippen LogP contribution in [0.3, 0.4) is 0 Å². The number of nitrogens with one attached hydrogen (secondary N) is 1. The highest BCUT2D eigenvalue weighted by Crippen LogP contribution is 2.34. The number of rotatable bonds is 3. The molecule has 0 saturated heterocycles. The maximum absolute atomic E-state index is 13.0. The van der Waals surface area contributed by atoms with Gasteiger partial charge in [-0.25, -0.2) is 18.7 Å². The van der Waals surface area contributed by atoms with Crippen LogP contribution in [0.4, 0.5) is 14.6 Å². The largest absolute Gasteiger partial charge is 0.367 e. The van der Waals surface area contributed by atoms with Gasteiger partial charge in [-0.15, -0.1) is 0 Å². The fraction of sp³-hybridized carbons (Fsp3) is 0.545. The van der Waals surface area contributed by atoms with E-state index in [1.165, 1.54) is 6.07 Å². The summed E-state index contributed by atoms with van der Waals surface area (Å²) >= 11 is 5.65. The third kappa shape index (κ3) is 3.35. The highest BCUT2D eigenvalue weighted by Gasteiger charge is 2.34. The summed E-state index contributed by atoms with van der Waals surface area (Å²) in [6, 6.07) is 1.38. The van der Waals surface area contributed by atoms with Crippen molar-refractivity contribution in [3.8, 4) is 0 Å². The molecule has 1 aliphatic carbocycles. The van der Waals surface area contributed by atoms with Gasteiger partial charge in [0, 0.05) is 24.9 Å². The number of anilines is 1. The second-order valence-electron chi connectivity index (χ2n) is 4.34. The summed E-state index contributed by atoms with van der Waals surface area (Å²) in [7, 11) is 0. The summed E-state index contributed by atoms with van der Waals surface area (Å²) in [5.41, 5.74) is 0.165. The highest BCUT2D eigenvalue weighted by molar-refractivity contribution is 6.28. The van der Waals surface area contributed by atoms with Crippen LogP contribution >= 0.6 is 11.6 Å². The summed E-state index contributed by atoms with van der Waals surface area (Å²) in [4.78, 5) is 18.2. The predicted octanol–water partition coefficient (Wildman–Crippen LogP) is 2.93. The third-order valence-corrected chi connectivity index (χ3v) is 3.08. The Morgan fingerprint density at radius 1 is 1.39 bits per heavy atom. The Labute approximate surface area is 108 Å². The van der Waals surface area contributed by atoms with Gasteiger partial charge < -0.3 is 5.32 Å². The molecule has 0 unspecified atom stereocenters. The molecular formula is C11H12ClF2N3O. The topological polar surface area (TPSA) is 54.9 Å². The molecule has 7 heteroatoms. The van der Waals surface area contributed by atoms with Crippen molar-refractivity contribution in [3.63, 3.8) is 0 Å². The van der Waals surface area contributed by atoms with E-state index in [0.717, 1.165) is 0 Å². The minimum atomic E-state index is -2.56. The van der Waals surface area contributed by atoms with Crippen molar-refractivity contribution in [2.24, 2.45) is 0 Å². The van der Waals surface area contributed by atoms with Gasteiger partial charge in [0.25, 0.3) is 0 Å². The van der Waals surface area contributed by atoms with Gasteiger partial charge >= 0.3 is 0 Å². The maximum atomic E-state index is 13.0. The van der Waals surface area contributed by atoms with E-state index in [4.69, 9.17) is 11.6 Å². The zero-order valence-corrected chi connectivity index (χ0v) is 10.3. The van der Waals surface area contributed by atoms with Crippen LogP contribution in [0.5, 0.6) is 0 Å². The smallest absolute Gasteiger partial charge is 0.248 e. The summed E-state index contributed by atoms with van der Waals surface area (Å²) in [6.45, 7) is 0. The molecule has 0 amide bonds. The standard InChI is InChI=1S/C11H12ClF2N3O/c12-10-16-8(6-18)5-9(17-10)15-7-1-3-11(13,14)4-2-7/h5-7H,1-4H2,(H,15,16,17). The monoisotopic (exact) mass is 275 g/mol. The van der Waals surface area contributed by atoms with Crippen LogP contribution in [-0.2, 0) is 0 Å². The minimum absolute atomic E-state index is 0.0387. The molecule has 98 valence electrons. The molecule has 0 aliphatic heterocycles. The molecule has 0 radical (unpaired) electrons. The first kappa shape index (κ1) is 13.1. The van der Waals surface area contributed by atoms with Crippen LogP contribution in [0.25, 0.3) is 0 Å². The van der Waals surface area contributed by atoms with Crippen LogP contribution < -0.4 is 5.32 Å². The molecule has 4 nitrogen and oxygen atoms in total. The van der Waals surface area contributed by atoms with Gasteiger partial charge in [-0.05, 0) is 24.4 Å². The second kappa shape index (κ2) is 5.14. The van der Waals surface area contributed by atoms with E-state index >= 15 is 0 Å². The number of carbonyl (C=O) groups is 1. The van der Waals surface area contributed by atoms with Crippen LogP contribution in [0.1, 0.15) is 36.2 Å². The molecule has 0 bridgehead atoms. The summed E-state index contributed by atoms with van der Waals surface area (Å²) in [5.74, 6) is -2.16. The molecule has 1 aromatic heterocycles. The second-order valence-corrected chi connectivity index (χ2v) is 4.68. The van der Waals surface area contributed by atoms with Crippen molar-refractivity contribution >= 4 is 23.7 Å². The Kier molecular flexibility index (Phi) is 3.75. The molecular weight excluding hydrogens is 264 g/mol. The molecule has 1 aliphatic rings. The van der Waals surface area contributed by atoms with E-state index in [9.17, 15) is 13.6 Å². The number of aldehydes is 1. The Hall–Kier alpha value is -1.30. The van der Waals surface area contributed by atoms with Crippen molar-refractivity contribution in [2.75, 3.05) is 5.32 Å². The number of hydrogen-bond acceptors (Lipinski definition) is 4. The minimum Gasteiger partial charge on any atom is -0.367 e. The Balaban J connectivity index is 2.02. The van der Waals surface area contributed by atoms with Gasteiger partial charge in [0.15, 0.2) is 6.29 Å². The molecule has 0 atom stereocenters. The molecule has 2 rings (SSSR count). The third-order valence-electron chi connectivity index (χ3n) is 2.91. The zero-order chi connectivity index (χ0) is 13.2. The number of halogens is 3. The number of carbonyl (C=O) groups excluding carboxylic acids is 1. The zero-order valence-electron chi connectivity index (χ0n) is 9.50. The van der Waals surface area contributed by atoms with E-state index in [2.05, 4.69) is 15.3 Å². The van der Waals surface area contributed by atoms with Gasteiger partial charge in [-0.1, -0.05) is 0 Å². The molecule has 0 spiro atoms. The number of alkyl halides is 2. The van der Waals surface area contributed by atoms with Crippen molar-refractivity contribution in [1.29, 1.82) is 0 Å². The van der Waals surface area contributed by atoms with E-state index < -0.39 is 5.92 Å². The summed E-state index contributed by atoms with van der Waals surface area (Å²) in [5, 5.41) is 2.97. The molecule has 1 saturated carbocycles. The number of nitrogens with zero attached hydrogens (tertiary/aromatic N) is 2. The molecule has 1 aromatic rings. The molecule has 18 heavy (non-hydrogen) atoms. The number of hydrogen-bond donors (Lipinski definition) is 1. The SMILES string of the molecule is O=Cc1cc(NC2CCC(F)(F)CC2)nc(Cl)n1. The lowest BCUT2D eigenvalue weighted by Gasteiger charge is -2.29. The molecule has 1 fully saturated rings. The fourth-order valence-corrected chi connectivity index (χ4v) is 2.15. The first-order chi connectivity index (χ1) is 8.48. The first-order valence-electron chi connectivity index (χ1n) is 5.63. The Bertz CT molecular complexity index is 446. The van der Waals surface area contributed by atoms with Gasteiger partial charge in [-0.3, -0.25) is 4.79 Å². The van der Waals surface area contributed by atoms with E-state index in [0.29, 0.717) is 24.9 Å². The summed E-state index contributed by atoms with van der Waals surface area (Å²) in [6.07, 6.45) is 1.03. The predicted molar refractivity (Wildman–Crippen MR) is 63.3 cm³/mol. The van der Waals surface area contributed by atoms with Crippen molar-refractivity contribution in [3.05, 3.63) is 17.0 Å². The van der Waals surface area contributed by atoms with Crippen LogP contribution in [0, 0.1) is 0 Å². The van der Waals surface area contributed by atoms with Crippen LogP contribution in [0.2, 0.25) is 5.28 Å². The normalized spacial score (nSPS) is 19.5. The average Bonchev–Trinajstić information content (AvgIpc) is 2.31. The Morgan fingerprint density at radius 3 is 2.67 bits per heavy atom. The van der Waals surface area contributed by atoms with Crippen molar-refractivity contribution in [1.82, 2.24) is 9.97 Å². The number of aromatic nitrogens is 2. The van der Waals surface area contributed by atoms with E-state index in [1.54, 1.807) is 0 Å². The van der Waals surface area contributed by atoms with Crippen molar-refractivity contribution in [2.45, 2.75) is 37.6 Å². The van der Waals surface area contributed by atoms with Crippen LogP contribution in [0.15, 0.2) is 6.07 Å². The molecule has 0 aromatic carbocycles. The van der Waals surface area contributed by atoms with Crippen molar-refractivity contribution < 1.29 is 13.6 Å². The van der Waals surface area contributed by atoms with Gasteiger partial charge in [-0.2, -0.15) is 0 Å². The Morgan fingerprint density at radius 2 is 2.06 bits per heavy atom. The average molecular weight is 276 g/mol. The lowest BCUT2D eigenvalue weighted by molar-refractivity contribution is -0.0361. The maximum Gasteiger partial charge on any atom is 0.248 e. The lowest BCUT2D eigenvalue weighted by atomic mass is 9.92. The highest BCUT2D eigenvalue weighted by atomic mass is 35.5. The lowest BCUT2D eigenvalue weighted by Crippen LogP contribution is -2.32. The summed E-state index contributed by atoms with van der Waals surface area (Å²) < 4.78 is 26.0. The molecule has 1 N–H and O–H groups in total. The van der Waals surface area contributed by atoms with Gasteiger partial charge in [0.2, 0.25) is 11.2 Å². The molecule has 1 heterocycles. The van der Waals surface area contributed by atoms with Gasteiger partial charge in [0.1, 0.15) is 11.5 Å². The fourth-order valence-electron chi connectivity index (χ4n) is 1.96. The first-order valence-corrected chi connectivity index (χ1v) is 6.00. The van der Waals surface area contributed by atoms with Crippen LogP contribution in [-0.4, -0.2) is 28.2 Å².